The van der Waals surface area contributed by atoms with Crippen LogP contribution in [-0.4, -0.2) is 29.8 Å². The van der Waals surface area contributed by atoms with Gasteiger partial charge in [0.1, 0.15) is 0 Å². The Hall–Kier alpha value is -0.670. The Morgan fingerprint density at radius 1 is 1.41 bits per heavy atom. The lowest BCUT2D eigenvalue weighted by atomic mass is 10.0. The van der Waals surface area contributed by atoms with E-state index in [-0.39, 0.29) is 6.04 Å². The van der Waals surface area contributed by atoms with E-state index in [4.69, 9.17) is 0 Å². The molecule has 0 saturated carbocycles. The molecular weight excluding hydrogens is 230 g/mol. The maximum atomic E-state index is 12.5. The molecule has 2 heterocycles. The van der Waals surface area contributed by atoms with Crippen molar-refractivity contribution < 1.29 is 4.79 Å². The molecular formula is C14H21NOS. The van der Waals surface area contributed by atoms with Crippen molar-refractivity contribution >= 4 is 17.1 Å². The molecule has 0 spiro atoms. The highest BCUT2D eigenvalue weighted by molar-refractivity contribution is 7.14. The zero-order valence-electron chi connectivity index (χ0n) is 10.7. The fourth-order valence-electron chi connectivity index (χ4n) is 2.54. The number of carbonyl (C=O) groups is 1. The molecule has 3 heteroatoms. The minimum absolute atomic E-state index is 0.126. The first-order valence-electron chi connectivity index (χ1n) is 6.57. The van der Waals surface area contributed by atoms with Gasteiger partial charge in [-0.25, -0.2) is 0 Å². The minimum Gasteiger partial charge on any atom is -0.293 e. The second-order valence-corrected chi connectivity index (χ2v) is 6.11. The number of hydrogen-bond acceptors (Lipinski definition) is 3. The summed E-state index contributed by atoms with van der Waals surface area (Å²) in [5.41, 5.74) is 0. The molecule has 1 aliphatic rings. The summed E-state index contributed by atoms with van der Waals surface area (Å²) in [4.78, 5) is 17.0. The molecule has 0 amide bonds. The molecule has 1 fully saturated rings. The summed E-state index contributed by atoms with van der Waals surface area (Å²) in [7, 11) is 0. The van der Waals surface area contributed by atoms with Crippen LogP contribution in [0.3, 0.4) is 0 Å². The smallest absolute Gasteiger partial charge is 0.189 e. The Morgan fingerprint density at radius 3 is 2.65 bits per heavy atom. The molecule has 0 N–H and O–H groups in total. The van der Waals surface area contributed by atoms with Crippen molar-refractivity contribution in [3.8, 4) is 0 Å². The number of rotatable bonds is 5. The second-order valence-electron chi connectivity index (χ2n) is 4.82. The largest absolute Gasteiger partial charge is 0.293 e. The van der Waals surface area contributed by atoms with Crippen LogP contribution in [0.1, 0.15) is 47.2 Å². The van der Waals surface area contributed by atoms with Crippen molar-refractivity contribution in [2.24, 2.45) is 0 Å². The number of likely N-dealkylation sites (tertiary alicyclic amines) is 1. The van der Waals surface area contributed by atoms with Crippen LogP contribution in [0.15, 0.2) is 12.1 Å². The van der Waals surface area contributed by atoms with Gasteiger partial charge in [-0.3, -0.25) is 9.69 Å². The van der Waals surface area contributed by atoms with Crippen LogP contribution in [0.2, 0.25) is 0 Å². The predicted molar refractivity (Wildman–Crippen MR) is 72.9 cm³/mol. The van der Waals surface area contributed by atoms with Gasteiger partial charge in [-0.2, -0.15) is 0 Å². The van der Waals surface area contributed by atoms with Crippen LogP contribution in [0, 0.1) is 6.92 Å². The third-order valence-corrected chi connectivity index (χ3v) is 4.44. The van der Waals surface area contributed by atoms with E-state index in [1.165, 1.54) is 17.7 Å². The Bertz CT molecular complexity index is 379. The highest BCUT2D eigenvalue weighted by Crippen LogP contribution is 2.23. The SMILES string of the molecule is CCCC(C(=O)c1ccc(C)s1)N1CCCC1. The maximum absolute atomic E-state index is 12.5. The van der Waals surface area contributed by atoms with Crippen molar-refractivity contribution in [2.75, 3.05) is 13.1 Å². The molecule has 0 aromatic carbocycles. The summed E-state index contributed by atoms with van der Waals surface area (Å²) in [5, 5.41) is 0. The average molecular weight is 251 g/mol. The number of hydrogen-bond donors (Lipinski definition) is 0. The summed E-state index contributed by atoms with van der Waals surface area (Å²) in [6.45, 7) is 6.42. The fraction of sp³-hybridized carbons (Fsp3) is 0.643. The summed E-state index contributed by atoms with van der Waals surface area (Å²) in [6, 6.07) is 4.16. The lowest BCUT2D eigenvalue weighted by Crippen LogP contribution is -2.38. The van der Waals surface area contributed by atoms with Gasteiger partial charge in [0, 0.05) is 4.88 Å². The monoisotopic (exact) mass is 251 g/mol. The first kappa shape index (κ1) is 12.8. The van der Waals surface area contributed by atoms with Crippen LogP contribution < -0.4 is 0 Å². The zero-order chi connectivity index (χ0) is 12.3. The average Bonchev–Trinajstić information content (AvgIpc) is 2.95. The van der Waals surface area contributed by atoms with Gasteiger partial charge >= 0.3 is 0 Å². The molecule has 0 radical (unpaired) electrons. The third kappa shape index (κ3) is 2.96. The fourth-order valence-corrected chi connectivity index (χ4v) is 3.39. The summed E-state index contributed by atoms with van der Waals surface area (Å²) in [6.07, 6.45) is 4.57. The van der Waals surface area contributed by atoms with Crippen LogP contribution in [-0.2, 0) is 0 Å². The van der Waals surface area contributed by atoms with Gasteiger partial charge < -0.3 is 0 Å². The number of Topliss-reactive ketones (excluding diaryl/α,β-unsaturated/α-hetero) is 1. The van der Waals surface area contributed by atoms with Crippen LogP contribution in [0.4, 0.5) is 0 Å². The van der Waals surface area contributed by atoms with Crippen molar-refractivity contribution in [1.29, 1.82) is 0 Å². The first-order valence-corrected chi connectivity index (χ1v) is 7.38. The van der Waals surface area contributed by atoms with E-state index >= 15 is 0 Å². The Labute approximate surface area is 108 Å². The van der Waals surface area contributed by atoms with Crippen LogP contribution >= 0.6 is 11.3 Å². The quantitative estimate of drug-likeness (QED) is 0.746. The van der Waals surface area contributed by atoms with Crippen molar-refractivity contribution in [1.82, 2.24) is 4.90 Å². The van der Waals surface area contributed by atoms with E-state index < -0.39 is 0 Å². The molecule has 94 valence electrons. The molecule has 1 saturated heterocycles. The number of carbonyl (C=O) groups excluding carboxylic acids is 1. The number of aryl methyl sites for hydroxylation is 1. The van der Waals surface area contributed by atoms with Gasteiger partial charge in [-0.1, -0.05) is 13.3 Å². The Balaban J connectivity index is 2.12. The van der Waals surface area contributed by atoms with Gasteiger partial charge in [0.15, 0.2) is 5.78 Å². The third-order valence-electron chi connectivity index (χ3n) is 3.43. The molecule has 2 nitrogen and oxygen atoms in total. The number of thiophene rings is 1. The Morgan fingerprint density at radius 2 is 2.12 bits per heavy atom. The zero-order valence-corrected chi connectivity index (χ0v) is 11.6. The standard InChI is InChI=1S/C14H21NOS/c1-3-6-12(15-9-4-5-10-15)14(16)13-8-7-11(2)17-13/h7-8,12H,3-6,9-10H2,1-2H3. The summed E-state index contributed by atoms with van der Waals surface area (Å²) >= 11 is 1.63. The number of ketones is 1. The lowest BCUT2D eigenvalue weighted by molar-refractivity contribution is 0.0841. The van der Waals surface area contributed by atoms with E-state index in [0.717, 1.165) is 30.8 Å². The molecule has 2 rings (SSSR count). The van der Waals surface area contributed by atoms with Gasteiger partial charge in [-0.15, -0.1) is 11.3 Å². The van der Waals surface area contributed by atoms with E-state index in [9.17, 15) is 4.79 Å². The van der Waals surface area contributed by atoms with Gasteiger partial charge in [0.25, 0.3) is 0 Å². The van der Waals surface area contributed by atoms with Gasteiger partial charge in [0.2, 0.25) is 0 Å². The van der Waals surface area contributed by atoms with E-state index in [1.807, 2.05) is 12.1 Å². The van der Waals surface area contributed by atoms with Gasteiger partial charge in [0.05, 0.1) is 10.9 Å². The molecule has 1 atom stereocenters. The minimum atomic E-state index is 0.126. The van der Waals surface area contributed by atoms with E-state index in [0.29, 0.717) is 5.78 Å². The molecule has 1 aromatic heterocycles. The van der Waals surface area contributed by atoms with Crippen molar-refractivity contribution in [3.05, 3.63) is 21.9 Å². The molecule has 1 aliphatic heterocycles. The highest BCUT2D eigenvalue weighted by Gasteiger charge is 2.28. The molecule has 1 aromatic rings. The van der Waals surface area contributed by atoms with Crippen molar-refractivity contribution in [2.45, 2.75) is 45.6 Å². The Kier molecular flexibility index (Phi) is 4.35. The lowest BCUT2D eigenvalue weighted by Gasteiger charge is -2.25. The second kappa shape index (κ2) is 5.78. The highest BCUT2D eigenvalue weighted by atomic mass is 32.1. The predicted octanol–water partition coefficient (Wildman–Crippen LogP) is 3.50. The first-order chi connectivity index (χ1) is 8.22. The summed E-state index contributed by atoms with van der Waals surface area (Å²) in [5.74, 6) is 0.340. The molecule has 0 aliphatic carbocycles. The van der Waals surface area contributed by atoms with Crippen LogP contribution in [0.5, 0.6) is 0 Å². The maximum Gasteiger partial charge on any atom is 0.189 e. The van der Waals surface area contributed by atoms with E-state index in [2.05, 4.69) is 18.7 Å². The molecule has 0 bridgehead atoms. The van der Waals surface area contributed by atoms with Crippen molar-refractivity contribution in [3.63, 3.8) is 0 Å². The summed E-state index contributed by atoms with van der Waals surface area (Å²) < 4.78 is 0. The molecule has 1 unspecified atom stereocenters. The normalized spacial score (nSPS) is 18.5. The van der Waals surface area contributed by atoms with E-state index in [1.54, 1.807) is 11.3 Å². The topological polar surface area (TPSA) is 20.3 Å². The molecule has 17 heavy (non-hydrogen) atoms. The van der Waals surface area contributed by atoms with Gasteiger partial charge in [-0.05, 0) is 51.4 Å². The van der Waals surface area contributed by atoms with Crippen LogP contribution in [0.25, 0.3) is 0 Å². The number of nitrogens with zero attached hydrogens (tertiary/aromatic N) is 1.